The van der Waals surface area contributed by atoms with Crippen molar-refractivity contribution in [3.05, 3.63) is 35.9 Å². The van der Waals surface area contributed by atoms with Crippen LogP contribution in [-0.2, 0) is 10.1 Å². The Kier molecular flexibility index (Phi) is 6.99. The highest BCUT2D eigenvalue weighted by molar-refractivity contribution is 7.85. The Hall–Kier alpha value is -1.44. The quantitative estimate of drug-likeness (QED) is 0.404. The third-order valence-corrected chi connectivity index (χ3v) is 4.23. The van der Waals surface area contributed by atoms with E-state index in [-0.39, 0.29) is 11.7 Å². The van der Waals surface area contributed by atoms with Gasteiger partial charge < -0.3 is 9.80 Å². The van der Waals surface area contributed by atoms with Gasteiger partial charge in [0.15, 0.2) is 0 Å². The lowest BCUT2D eigenvalue weighted by molar-refractivity contribution is -0.890. The lowest BCUT2D eigenvalue weighted by Crippen LogP contribution is -2.43. The number of hydrogen-bond acceptors (Lipinski definition) is 3. The minimum atomic E-state index is -3.88. The first-order valence-electron chi connectivity index (χ1n) is 7.30. The van der Waals surface area contributed by atoms with E-state index in [1.54, 1.807) is 12.1 Å². The molecule has 0 saturated carbocycles. The average Bonchev–Trinajstić information content (AvgIpc) is 2.42. The number of nitrogens with zero attached hydrogens (tertiary/aromatic N) is 1. The third-order valence-electron chi connectivity index (χ3n) is 3.43. The number of hydrogen-bond donors (Lipinski definition) is 2. The van der Waals surface area contributed by atoms with Crippen molar-refractivity contribution in [1.82, 2.24) is 5.32 Å². The van der Waals surface area contributed by atoms with E-state index in [0.29, 0.717) is 29.6 Å². The topological polar surface area (TPSA) is 83.5 Å². The Balaban J connectivity index is 2.24. The van der Waals surface area contributed by atoms with Crippen LogP contribution in [0.4, 0.5) is 0 Å². The summed E-state index contributed by atoms with van der Waals surface area (Å²) in [6, 6.07) is 9.05. The second-order valence-corrected chi connectivity index (χ2v) is 7.57. The molecule has 0 aliphatic carbocycles. The Morgan fingerprint density at radius 2 is 1.73 bits per heavy atom. The number of quaternary nitrogens is 1. The van der Waals surface area contributed by atoms with Gasteiger partial charge in [-0.2, -0.15) is 8.42 Å². The van der Waals surface area contributed by atoms with Crippen molar-refractivity contribution >= 4 is 16.0 Å². The molecule has 1 aromatic rings. The summed E-state index contributed by atoms with van der Waals surface area (Å²) >= 11 is 0. The maximum Gasteiger partial charge on any atom is 0.265 e. The lowest BCUT2D eigenvalue weighted by Gasteiger charge is -2.29. The Morgan fingerprint density at radius 1 is 1.14 bits per heavy atom. The van der Waals surface area contributed by atoms with Gasteiger partial charge in [0.25, 0.3) is 16.0 Å². The minimum Gasteiger partial charge on any atom is -0.352 e. The predicted molar refractivity (Wildman–Crippen MR) is 86.3 cm³/mol. The molecule has 1 rings (SSSR count). The fourth-order valence-electron chi connectivity index (χ4n) is 2.19. The Morgan fingerprint density at radius 3 is 2.32 bits per heavy atom. The maximum atomic E-state index is 11.8. The molecule has 0 fully saturated rings. The van der Waals surface area contributed by atoms with Gasteiger partial charge in [0.05, 0.1) is 32.9 Å². The molecule has 0 spiro atoms. The summed E-state index contributed by atoms with van der Waals surface area (Å²) in [6.07, 6.45) is 1.22. The maximum absolute atomic E-state index is 11.8. The van der Waals surface area contributed by atoms with E-state index in [2.05, 4.69) is 5.32 Å². The molecule has 0 saturated heterocycles. The summed E-state index contributed by atoms with van der Waals surface area (Å²) in [6.45, 7) is 2.06. The van der Waals surface area contributed by atoms with Crippen LogP contribution in [0.25, 0.3) is 0 Å². The molecule has 0 atom stereocenters. The van der Waals surface area contributed by atoms with Crippen LogP contribution < -0.4 is 5.32 Å². The number of carbonyl (C=O) groups excluding carboxylic acids is 1. The second-order valence-electron chi connectivity index (χ2n) is 6.00. The molecule has 124 valence electrons. The van der Waals surface area contributed by atoms with Crippen LogP contribution in [0.5, 0.6) is 0 Å². The van der Waals surface area contributed by atoms with Gasteiger partial charge in [0, 0.05) is 24.9 Å². The fourth-order valence-corrected chi connectivity index (χ4v) is 2.68. The second kappa shape index (κ2) is 8.26. The summed E-state index contributed by atoms with van der Waals surface area (Å²) in [5.74, 6) is -0.295. The summed E-state index contributed by atoms with van der Waals surface area (Å²) in [5, 5.41) is 2.87. The van der Waals surface area contributed by atoms with E-state index >= 15 is 0 Å². The van der Waals surface area contributed by atoms with E-state index in [9.17, 15) is 13.2 Å². The van der Waals surface area contributed by atoms with E-state index in [1.165, 1.54) is 0 Å². The smallest absolute Gasteiger partial charge is 0.265 e. The number of nitrogens with one attached hydrogen (secondary N) is 1. The van der Waals surface area contributed by atoms with Gasteiger partial charge in [-0.1, -0.05) is 18.2 Å². The van der Waals surface area contributed by atoms with Crippen LogP contribution in [0, 0.1) is 0 Å². The van der Waals surface area contributed by atoms with Crippen LogP contribution >= 0.6 is 0 Å². The van der Waals surface area contributed by atoms with E-state index in [4.69, 9.17) is 4.55 Å². The standard InChI is InChI=1S/C15H24N2O4S/c1-17(2,12-7-13-22(19,20)21)11-6-10-16-15(18)14-8-4-3-5-9-14/h3-5,8-9H,6-7,10-13H2,1-2H3,(H-,16,18,19,20,21)/p+1. The van der Waals surface area contributed by atoms with Gasteiger partial charge in [-0.25, -0.2) is 0 Å². The molecule has 0 aromatic heterocycles. The summed E-state index contributed by atoms with van der Waals surface area (Å²) in [7, 11) is 0.125. The zero-order valence-corrected chi connectivity index (χ0v) is 14.0. The number of benzene rings is 1. The van der Waals surface area contributed by atoms with E-state index in [1.807, 2.05) is 32.3 Å². The molecule has 0 aliphatic rings. The van der Waals surface area contributed by atoms with Crippen molar-refractivity contribution < 1.29 is 22.2 Å². The summed E-state index contributed by atoms with van der Waals surface area (Å²) in [4.78, 5) is 11.8. The van der Waals surface area contributed by atoms with Crippen molar-refractivity contribution in [2.24, 2.45) is 0 Å². The van der Waals surface area contributed by atoms with E-state index in [0.717, 1.165) is 13.0 Å². The predicted octanol–water partition coefficient (Wildman–Crippen LogP) is 1.16. The molecule has 0 unspecified atom stereocenters. The number of amides is 1. The van der Waals surface area contributed by atoms with Gasteiger partial charge in [-0.15, -0.1) is 0 Å². The first-order valence-corrected chi connectivity index (χ1v) is 8.91. The Bertz CT molecular complexity index is 570. The van der Waals surface area contributed by atoms with Crippen LogP contribution in [0.3, 0.4) is 0 Å². The van der Waals surface area contributed by atoms with Gasteiger partial charge >= 0.3 is 0 Å². The van der Waals surface area contributed by atoms with E-state index < -0.39 is 10.1 Å². The summed E-state index contributed by atoms with van der Waals surface area (Å²) in [5.41, 5.74) is 0.643. The molecule has 1 aromatic carbocycles. The zero-order chi connectivity index (χ0) is 16.6. The van der Waals surface area contributed by atoms with Crippen molar-refractivity contribution in [3.8, 4) is 0 Å². The lowest BCUT2D eigenvalue weighted by atomic mass is 10.2. The molecule has 7 heteroatoms. The first-order chi connectivity index (χ1) is 10.2. The normalized spacial score (nSPS) is 12.1. The van der Waals surface area contributed by atoms with Crippen molar-refractivity contribution in [3.63, 3.8) is 0 Å². The van der Waals surface area contributed by atoms with Crippen molar-refractivity contribution in [2.45, 2.75) is 12.8 Å². The number of rotatable bonds is 9. The molecule has 0 bridgehead atoms. The SMILES string of the molecule is C[N+](C)(CCCNC(=O)c1ccccc1)CCCS(=O)(=O)O. The molecule has 0 aliphatic heterocycles. The molecular weight excluding hydrogens is 304 g/mol. The average molecular weight is 329 g/mol. The zero-order valence-electron chi connectivity index (χ0n) is 13.2. The molecule has 1 amide bonds. The molecule has 6 nitrogen and oxygen atoms in total. The highest BCUT2D eigenvalue weighted by Crippen LogP contribution is 2.03. The van der Waals surface area contributed by atoms with Gasteiger partial charge in [0.2, 0.25) is 0 Å². The highest BCUT2D eigenvalue weighted by atomic mass is 32.2. The Labute approximate surface area is 132 Å². The van der Waals surface area contributed by atoms with Gasteiger partial charge in [-0.05, 0) is 12.1 Å². The molecule has 22 heavy (non-hydrogen) atoms. The van der Waals surface area contributed by atoms with Crippen LogP contribution in [-0.4, -0.2) is 62.8 Å². The molecule has 2 N–H and O–H groups in total. The first kappa shape index (κ1) is 18.6. The van der Waals surface area contributed by atoms with Crippen molar-refractivity contribution in [1.29, 1.82) is 0 Å². The number of carbonyl (C=O) groups is 1. The van der Waals surface area contributed by atoms with Crippen LogP contribution in [0.2, 0.25) is 0 Å². The molecule has 0 heterocycles. The summed E-state index contributed by atoms with van der Waals surface area (Å²) < 4.78 is 30.7. The largest absolute Gasteiger partial charge is 0.352 e. The van der Waals surface area contributed by atoms with Crippen molar-refractivity contribution in [2.75, 3.05) is 39.5 Å². The monoisotopic (exact) mass is 329 g/mol. The van der Waals surface area contributed by atoms with Gasteiger partial charge in [-0.3, -0.25) is 9.35 Å². The van der Waals surface area contributed by atoms with Crippen LogP contribution in [0.15, 0.2) is 30.3 Å². The minimum absolute atomic E-state index is 0.0859. The molecular formula is C15H25N2O4S+. The van der Waals surface area contributed by atoms with Gasteiger partial charge in [0.1, 0.15) is 0 Å². The fraction of sp³-hybridized carbons (Fsp3) is 0.533. The molecule has 0 radical (unpaired) electrons. The third kappa shape index (κ3) is 8.11. The van der Waals surface area contributed by atoms with Crippen LogP contribution in [0.1, 0.15) is 23.2 Å². The highest BCUT2D eigenvalue weighted by Gasteiger charge is 2.16.